The lowest BCUT2D eigenvalue weighted by molar-refractivity contribution is -0.142. The number of benzene rings is 1. The van der Waals surface area contributed by atoms with E-state index in [1.807, 2.05) is 43.9 Å². The van der Waals surface area contributed by atoms with E-state index in [1.165, 1.54) is 0 Å². The molecule has 4 nitrogen and oxygen atoms in total. The van der Waals surface area contributed by atoms with Gasteiger partial charge in [-0.1, -0.05) is 18.2 Å². The second kappa shape index (κ2) is 4.79. The van der Waals surface area contributed by atoms with Crippen LogP contribution in [0.5, 0.6) is 5.75 Å². The van der Waals surface area contributed by atoms with Crippen molar-refractivity contribution in [1.29, 1.82) is 0 Å². The minimum Gasteiger partial charge on any atom is -0.495 e. The molecule has 1 N–H and O–H groups in total. The monoisotopic (exact) mass is 289 g/mol. The van der Waals surface area contributed by atoms with Gasteiger partial charge in [0.2, 0.25) is 0 Å². The van der Waals surface area contributed by atoms with E-state index in [2.05, 4.69) is 6.08 Å². The summed E-state index contributed by atoms with van der Waals surface area (Å²) in [6.45, 7) is 9.54. The number of ether oxygens (including phenoxy) is 1. The van der Waals surface area contributed by atoms with Gasteiger partial charge in [0.05, 0.1) is 18.3 Å². The van der Waals surface area contributed by atoms with Crippen molar-refractivity contribution in [2.75, 3.05) is 12.0 Å². The quantitative estimate of drug-likeness (QED) is 0.924. The molecule has 0 radical (unpaired) electrons. The molecule has 2 rings (SSSR count). The highest BCUT2D eigenvalue weighted by Gasteiger charge is 2.46. The van der Waals surface area contributed by atoms with E-state index in [0.717, 1.165) is 16.8 Å². The highest BCUT2D eigenvalue weighted by Crippen LogP contribution is 2.47. The Morgan fingerprint density at radius 2 is 1.95 bits per heavy atom. The number of allylic oxidation sites excluding steroid dienone is 1. The summed E-state index contributed by atoms with van der Waals surface area (Å²) in [5, 5.41) is 9.68. The molecule has 0 unspecified atom stereocenters. The largest absolute Gasteiger partial charge is 0.495 e. The predicted octanol–water partition coefficient (Wildman–Crippen LogP) is 3.56. The van der Waals surface area contributed by atoms with Gasteiger partial charge in [0.25, 0.3) is 0 Å². The number of methoxy groups -OCH3 is 1. The molecule has 0 aromatic heterocycles. The van der Waals surface area contributed by atoms with Crippen LogP contribution in [0.1, 0.15) is 40.2 Å². The van der Waals surface area contributed by atoms with E-state index in [0.29, 0.717) is 5.75 Å². The average molecular weight is 289 g/mol. The average Bonchev–Trinajstić information content (AvgIpc) is 2.36. The summed E-state index contributed by atoms with van der Waals surface area (Å²) in [5.41, 5.74) is 1.52. The molecule has 1 aliphatic rings. The summed E-state index contributed by atoms with van der Waals surface area (Å²) in [5.74, 6) is -0.164. The topological polar surface area (TPSA) is 49.8 Å². The summed E-state index contributed by atoms with van der Waals surface area (Å²) < 4.78 is 5.50. The van der Waals surface area contributed by atoms with Crippen molar-refractivity contribution in [2.24, 2.45) is 0 Å². The normalized spacial score (nSPS) is 17.0. The number of anilines is 1. The molecular formula is C17H23NO3. The fraction of sp³-hybridized carbons (Fsp3) is 0.471. The highest BCUT2D eigenvalue weighted by atomic mass is 16.5. The van der Waals surface area contributed by atoms with Crippen LogP contribution in [0.3, 0.4) is 0 Å². The molecule has 0 spiro atoms. The van der Waals surface area contributed by atoms with Crippen LogP contribution in [0.2, 0.25) is 0 Å². The van der Waals surface area contributed by atoms with Crippen LogP contribution in [-0.2, 0) is 4.79 Å². The van der Waals surface area contributed by atoms with Crippen molar-refractivity contribution < 1.29 is 14.6 Å². The lowest BCUT2D eigenvalue weighted by atomic mass is 9.83. The molecule has 4 heteroatoms. The fourth-order valence-electron chi connectivity index (χ4n) is 3.29. The Hall–Kier alpha value is -1.97. The van der Waals surface area contributed by atoms with Crippen LogP contribution >= 0.6 is 0 Å². The zero-order valence-corrected chi connectivity index (χ0v) is 13.5. The van der Waals surface area contributed by atoms with Crippen LogP contribution in [0.15, 0.2) is 24.3 Å². The number of para-hydroxylation sites is 1. The number of hydrogen-bond donors (Lipinski definition) is 1. The third-order valence-corrected chi connectivity index (χ3v) is 4.10. The Bertz CT molecular complexity index is 614. The molecule has 1 aromatic carbocycles. The molecule has 0 saturated carbocycles. The molecule has 21 heavy (non-hydrogen) atoms. The van der Waals surface area contributed by atoms with Crippen molar-refractivity contribution in [3.05, 3.63) is 29.8 Å². The number of carboxylic acid groups (broad SMARTS) is 1. The van der Waals surface area contributed by atoms with E-state index in [4.69, 9.17) is 4.74 Å². The van der Waals surface area contributed by atoms with Gasteiger partial charge in [0, 0.05) is 5.56 Å². The summed E-state index contributed by atoms with van der Waals surface area (Å²) in [6.07, 6.45) is 2.11. The van der Waals surface area contributed by atoms with Gasteiger partial charge >= 0.3 is 5.97 Å². The van der Waals surface area contributed by atoms with Crippen molar-refractivity contribution in [1.82, 2.24) is 0 Å². The maximum atomic E-state index is 11.8. The molecular weight excluding hydrogens is 266 g/mol. The summed E-state index contributed by atoms with van der Waals surface area (Å²) in [7, 11) is 1.61. The van der Waals surface area contributed by atoms with Gasteiger partial charge in [-0.05, 0) is 46.3 Å². The molecule has 0 saturated heterocycles. The minimum absolute atomic E-state index is 0.423. The smallest absolute Gasteiger partial charge is 0.328 e. The first kappa shape index (κ1) is 15.4. The standard InChI is InChI=1S/C17H23NO3/c1-11-10-16(2,3)18(17(4,5)15(19)20)14-12(11)8-7-9-13(14)21-6/h7-10H,1-6H3,(H,19,20). The zero-order valence-electron chi connectivity index (χ0n) is 13.5. The van der Waals surface area contributed by atoms with Gasteiger partial charge in [-0.15, -0.1) is 0 Å². The van der Waals surface area contributed by atoms with E-state index >= 15 is 0 Å². The van der Waals surface area contributed by atoms with Gasteiger partial charge in [-0.25, -0.2) is 4.79 Å². The molecule has 1 heterocycles. The van der Waals surface area contributed by atoms with Crippen molar-refractivity contribution in [2.45, 2.75) is 45.7 Å². The van der Waals surface area contributed by atoms with Crippen LogP contribution in [-0.4, -0.2) is 29.3 Å². The maximum absolute atomic E-state index is 11.8. The zero-order chi connectivity index (χ0) is 16.0. The van der Waals surface area contributed by atoms with E-state index in [9.17, 15) is 9.90 Å². The van der Waals surface area contributed by atoms with Gasteiger partial charge in [0.15, 0.2) is 0 Å². The van der Waals surface area contributed by atoms with Crippen LogP contribution in [0, 0.1) is 0 Å². The highest BCUT2D eigenvalue weighted by molar-refractivity contribution is 5.91. The van der Waals surface area contributed by atoms with E-state index in [1.54, 1.807) is 21.0 Å². The van der Waals surface area contributed by atoms with E-state index in [-0.39, 0.29) is 0 Å². The van der Waals surface area contributed by atoms with E-state index < -0.39 is 17.0 Å². The molecule has 0 amide bonds. The number of nitrogens with zero attached hydrogens (tertiary/aromatic N) is 1. The Kier molecular flexibility index (Phi) is 3.52. The number of carboxylic acids is 1. The summed E-state index contributed by atoms with van der Waals surface area (Å²) in [4.78, 5) is 13.7. The van der Waals surface area contributed by atoms with Gasteiger partial charge < -0.3 is 14.7 Å². The number of hydrogen-bond acceptors (Lipinski definition) is 3. The summed E-state index contributed by atoms with van der Waals surface area (Å²) >= 11 is 0. The molecule has 1 aliphatic heterocycles. The van der Waals surface area contributed by atoms with Crippen molar-refractivity contribution in [3.8, 4) is 5.75 Å². The predicted molar refractivity (Wildman–Crippen MR) is 84.9 cm³/mol. The van der Waals surface area contributed by atoms with Crippen molar-refractivity contribution >= 4 is 17.2 Å². The molecule has 1 aromatic rings. The first-order valence-corrected chi connectivity index (χ1v) is 7.03. The first-order valence-electron chi connectivity index (χ1n) is 7.03. The van der Waals surface area contributed by atoms with Crippen LogP contribution in [0.25, 0.3) is 5.57 Å². The molecule has 0 bridgehead atoms. The SMILES string of the molecule is COc1cccc2c1N(C(C)(C)C(=O)O)C(C)(C)C=C2C. The van der Waals surface area contributed by atoms with Crippen LogP contribution < -0.4 is 9.64 Å². The molecule has 0 fully saturated rings. The van der Waals surface area contributed by atoms with Gasteiger partial charge in [-0.3, -0.25) is 0 Å². The molecule has 0 aliphatic carbocycles. The van der Waals surface area contributed by atoms with Gasteiger partial charge in [-0.2, -0.15) is 0 Å². The van der Waals surface area contributed by atoms with Gasteiger partial charge in [0.1, 0.15) is 11.3 Å². The Morgan fingerprint density at radius 1 is 1.33 bits per heavy atom. The second-order valence-corrected chi connectivity index (χ2v) is 6.54. The third-order valence-electron chi connectivity index (χ3n) is 4.10. The maximum Gasteiger partial charge on any atom is 0.328 e. The number of fused-ring (bicyclic) bond motifs is 1. The number of aliphatic carboxylic acids is 1. The first-order chi connectivity index (χ1) is 9.63. The number of carbonyl (C=O) groups is 1. The Labute approximate surface area is 126 Å². The van der Waals surface area contributed by atoms with Crippen LogP contribution in [0.4, 0.5) is 5.69 Å². The third kappa shape index (κ3) is 2.28. The lowest BCUT2D eigenvalue weighted by Gasteiger charge is -2.50. The van der Waals surface area contributed by atoms with Crippen molar-refractivity contribution in [3.63, 3.8) is 0 Å². The summed E-state index contributed by atoms with van der Waals surface area (Å²) in [6, 6.07) is 5.81. The molecule has 114 valence electrons. The Balaban J connectivity index is 2.80. The second-order valence-electron chi connectivity index (χ2n) is 6.54. The lowest BCUT2D eigenvalue weighted by Crippen LogP contribution is -2.60. The Morgan fingerprint density at radius 3 is 2.48 bits per heavy atom. The minimum atomic E-state index is -1.05. The molecule has 0 atom stereocenters. The fourth-order valence-corrected chi connectivity index (χ4v) is 3.29. The number of rotatable bonds is 3.